The molecule has 130 valence electrons. The minimum atomic E-state index is -0.743. The van der Waals surface area contributed by atoms with E-state index in [1.807, 2.05) is 39.8 Å². The zero-order chi connectivity index (χ0) is 18.3. The quantitative estimate of drug-likeness (QED) is 0.591. The smallest absolute Gasteiger partial charge is 0.342 e. The standard InChI is InChI=1S/C18H24N2O4/c1-11(2)13-8-14(12(3)4)17(22)15(9-13)18(23)24-10-16(21)20-7-5-6-19/h8-9,11-12,22H,5,7,10H2,1-4H3,(H,20,21). The number of amides is 1. The lowest BCUT2D eigenvalue weighted by Gasteiger charge is -2.16. The number of nitrogens with one attached hydrogen (secondary N) is 1. The molecule has 24 heavy (non-hydrogen) atoms. The van der Waals surface area contributed by atoms with Gasteiger partial charge in [0, 0.05) is 6.54 Å². The summed E-state index contributed by atoms with van der Waals surface area (Å²) in [7, 11) is 0. The Balaban J connectivity index is 2.90. The summed E-state index contributed by atoms with van der Waals surface area (Å²) >= 11 is 0. The van der Waals surface area contributed by atoms with Crippen LogP contribution in [-0.4, -0.2) is 30.1 Å². The van der Waals surface area contributed by atoms with E-state index in [-0.39, 0.29) is 36.1 Å². The van der Waals surface area contributed by atoms with E-state index in [1.165, 1.54) is 0 Å². The highest BCUT2D eigenvalue weighted by molar-refractivity contribution is 5.94. The van der Waals surface area contributed by atoms with Crippen LogP contribution >= 0.6 is 0 Å². The zero-order valence-corrected chi connectivity index (χ0v) is 14.5. The van der Waals surface area contributed by atoms with E-state index >= 15 is 0 Å². The molecule has 0 aromatic heterocycles. The van der Waals surface area contributed by atoms with Gasteiger partial charge in [0.1, 0.15) is 11.3 Å². The van der Waals surface area contributed by atoms with E-state index in [0.717, 1.165) is 5.56 Å². The van der Waals surface area contributed by atoms with Crippen LogP contribution in [0.4, 0.5) is 0 Å². The molecular formula is C18H24N2O4. The summed E-state index contributed by atoms with van der Waals surface area (Å²) < 4.78 is 4.98. The van der Waals surface area contributed by atoms with E-state index in [9.17, 15) is 14.7 Å². The molecule has 1 amide bonds. The van der Waals surface area contributed by atoms with Crippen molar-refractivity contribution in [1.82, 2.24) is 5.32 Å². The molecule has 0 saturated carbocycles. The highest BCUT2D eigenvalue weighted by Crippen LogP contribution is 2.33. The van der Waals surface area contributed by atoms with Crippen molar-refractivity contribution in [2.24, 2.45) is 0 Å². The summed E-state index contributed by atoms with van der Waals surface area (Å²) in [5, 5.41) is 21.2. The van der Waals surface area contributed by atoms with Crippen LogP contribution < -0.4 is 5.32 Å². The fourth-order valence-electron chi connectivity index (χ4n) is 2.13. The van der Waals surface area contributed by atoms with Gasteiger partial charge in [-0.2, -0.15) is 5.26 Å². The summed E-state index contributed by atoms with van der Waals surface area (Å²) in [4.78, 5) is 23.8. The van der Waals surface area contributed by atoms with E-state index in [4.69, 9.17) is 10.00 Å². The van der Waals surface area contributed by atoms with Gasteiger partial charge < -0.3 is 15.2 Å². The predicted octanol–water partition coefficient (Wildman–Crippen LogP) is 2.83. The van der Waals surface area contributed by atoms with Crippen LogP contribution in [0.1, 0.15) is 67.4 Å². The number of carbonyl (C=O) groups excluding carboxylic acids is 2. The molecule has 0 fully saturated rings. The number of benzene rings is 1. The molecule has 1 aromatic carbocycles. The average molecular weight is 332 g/mol. The molecule has 0 radical (unpaired) electrons. The largest absolute Gasteiger partial charge is 0.507 e. The van der Waals surface area contributed by atoms with Gasteiger partial charge in [0.25, 0.3) is 5.91 Å². The number of esters is 1. The molecule has 1 aromatic rings. The van der Waals surface area contributed by atoms with Gasteiger partial charge in [-0.15, -0.1) is 0 Å². The number of aromatic hydroxyl groups is 1. The first-order valence-corrected chi connectivity index (χ1v) is 7.95. The first-order valence-electron chi connectivity index (χ1n) is 7.95. The molecule has 0 spiro atoms. The fourth-order valence-corrected chi connectivity index (χ4v) is 2.13. The van der Waals surface area contributed by atoms with Gasteiger partial charge in [-0.25, -0.2) is 4.79 Å². The number of nitrogens with zero attached hydrogens (tertiary/aromatic N) is 1. The highest BCUT2D eigenvalue weighted by atomic mass is 16.5. The third-order valence-corrected chi connectivity index (χ3v) is 3.56. The molecule has 6 heteroatoms. The number of phenols is 1. The van der Waals surface area contributed by atoms with Gasteiger partial charge in [-0.1, -0.05) is 33.8 Å². The molecule has 0 saturated heterocycles. The third-order valence-electron chi connectivity index (χ3n) is 3.56. The maximum atomic E-state index is 12.2. The second kappa shape index (κ2) is 8.92. The Morgan fingerprint density at radius 1 is 1.25 bits per heavy atom. The molecule has 0 aliphatic rings. The highest BCUT2D eigenvalue weighted by Gasteiger charge is 2.21. The third kappa shape index (κ3) is 5.27. The SMILES string of the molecule is CC(C)c1cc(C(=O)OCC(=O)NCCC#N)c(O)c(C(C)C)c1. The second-order valence-corrected chi connectivity index (χ2v) is 6.15. The number of rotatable bonds is 7. The van der Waals surface area contributed by atoms with Crippen molar-refractivity contribution in [1.29, 1.82) is 5.26 Å². The number of nitriles is 1. The van der Waals surface area contributed by atoms with Crippen molar-refractivity contribution in [3.8, 4) is 11.8 Å². The van der Waals surface area contributed by atoms with Crippen LogP contribution in [0, 0.1) is 11.3 Å². The van der Waals surface area contributed by atoms with Crippen LogP contribution in [0.25, 0.3) is 0 Å². The van der Waals surface area contributed by atoms with Gasteiger partial charge in [0.2, 0.25) is 0 Å². The maximum Gasteiger partial charge on any atom is 0.342 e. The Kier molecular flexibility index (Phi) is 7.25. The molecule has 0 bridgehead atoms. The lowest BCUT2D eigenvalue weighted by molar-refractivity contribution is -0.124. The first kappa shape index (κ1) is 19.5. The van der Waals surface area contributed by atoms with Gasteiger partial charge in [0.05, 0.1) is 12.5 Å². The van der Waals surface area contributed by atoms with Crippen LogP contribution in [-0.2, 0) is 9.53 Å². The Morgan fingerprint density at radius 3 is 2.46 bits per heavy atom. The average Bonchev–Trinajstić information content (AvgIpc) is 2.52. The topological polar surface area (TPSA) is 99.4 Å². The first-order chi connectivity index (χ1) is 11.3. The van der Waals surface area contributed by atoms with Crippen LogP contribution in [0.5, 0.6) is 5.75 Å². The summed E-state index contributed by atoms with van der Waals surface area (Å²) in [5.74, 6) is -1.10. The van der Waals surface area contributed by atoms with Gasteiger partial charge >= 0.3 is 5.97 Å². The van der Waals surface area contributed by atoms with Crippen molar-refractivity contribution in [3.63, 3.8) is 0 Å². The Morgan fingerprint density at radius 2 is 1.92 bits per heavy atom. The molecule has 0 aliphatic heterocycles. The molecule has 1 rings (SSSR count). The van der Waals surface area contributed by atoms with E-state index < -0.39 is 18.5 Å². The lowest BCUT2D eigenvalue weighted by atomic mass is 9.92. The lowest BCUT2D eigenvalue weighted by Crippen LogP contribution is -2.29. The van der Waals surface area contributed by atoms with Crippen LogP contribution in [0.15, 0.2) is 12.1 Å². The van der Waals surface area contributed by atoms with Crippen molar-refractivity contribution in [2.45, 2.75) is 46.0 Å². The molecule has 0 unspecified atom stereocenters. The summed E-state index contributed by atoms with van der Waals surface area (Å²) in [6, 6.07) is 5.38. The summed E-state index contributed by atoms with van der Waals surface area (Å²) in [5.41, 5.74) is 1.66. The van der Waals surface area contributed by atoms with Crippen molar-refractivity contribution in [3.05, 3.63) is 28.8 Å². The molecule has 6 nitrogen and oxygen atoms in total. The monoisotopic (exact) mass is 332 g/mol. The second-order valence-electron chi connectivity index (χ2n) is 6.15. The predicted molar refractivity (Wildman–Crippen MR) is 89.8 cm³/mol. The van der Waals surface area contributed by atoms with E-state index in [1.54, 1.807) is 6.07 Å². The number of hydrogen-bond acceptors (Lipinski definition) is 5. The van der Waals surface area contributed by atoms with Gasteiger partial charge in [0.15, 0.2) is 6.61 Å². The number of ether oxygens (including phenoxy) is 1. The zero-order valence-electron chi connectivity index (χ0n) is 14.5. The summed E-state index contributed by atoms with van der Waals surface area (Å²) in [6.45, 7) is 7.60. The van der Waals surface area contributed by atoms with E-state index in [0.29, 0.717) is 5.56 Å². The fraction of sp³-hybridized carbons (Fsp3) is 0.500. The van der Waals surface area contributed by atoms with Crippen molar-refractivity contribution < 1.29 is 19.4 Å². The summed E-state index contributed by atoms with van der Waals surface area (Å²) in [6.07, 6.45) is 0.189. The van der Waals surface area contributed by atoms with Crippen molar-refractivity contribution >= 4 is 11.9 Å². The van der Waals surface area contributed by atoms with Crippen LogP contribution in [0.2, 0.25) is 0 Å². The molecule has 2 N–H and O–H groups in total. The minimum Gasteiger partial charge on any atom is -0.507 e. The molecule has 0 heterocycles. The molecule has 0 atom stereocenters. The maximum absolute atomic E-state index is 12.2. The Labute approximate surface area is 142 Å². The van der Waals surface area contributed by atoms with Gasteiger partial charge in [-0.3, -0.25) is 4.79 Å². The number of carbonyl (C=O) groups is 2. The van der Waals surface area contributed by atoms with Crippen LogP contribution in [0.3, 0.4) is 0 Å². The Bertz CT molecular complexity index is 645. The van der Waals surface area contributed by atoms with Gasteiger partial charge in [-0.05, 0) is 29.0 Å². The van der Waals surface area contributed by atoms with Crippen molar-refractivity contribution in [2.75, 3.05) is 13.2 Å². The number of hydrogen-bond donors (Lipinski definition) is 2. The normalized spacial score (nSPS) is 10.5. The minimum absolute atomic E-state index is 0.0459. The van der Waals surface area contributed by atoms with E-state index in [2.05, 4.69) is 5.32 Å². The Hall–Kier alpha value is -2.55. The molecular weight excluding hydrogens is 308 g/mol. The number of phenolic OH excluding ortho intramolecular Hbond substituents is 1. The molecule has 0 aliphatic carbocycles.